The number of nitrogens with zero attached hydrogens (tertiary/aromatic N) is 1. The van der Waals surface area contributed by atoms with Crippen LogP contribution in [-0.2, 0) is 27.6 Å². The van der Waals surface area contributed by atoms with Crippen molar-refractivity contribution in [2.24, 2.45) is 5.92 Å². The molecule has 6 nitrogen and oxygen atoms in total. The molecule has 186 valence electrons. The number of Topliss-reactive ketones (excluding diaryl/α,β-unsaturated/α-hetero) is 1. The molecular formula is C27H30FNO5S. The molecule has 4 rings (SSSR count). The van der Waals surface area contributed by atoms with Gasteiger partial charge in [0.25, 0.3) is 5.56 Å². The third-order valence-corrected chi connectivity index (χ3v) is 9.31. The average molecular weight is 500 g/mol. The third kappa shape index (κ3) is 5.23. The molecule has 0 amide bonds. The van der Waals surface area contributed by atoms with E-state index in [0.717, 1.165) is 30.6 Å². The van der Waals surface area contributed by atoms with E-state index in [4.69, 9.17) is 0 Å². The Balaban J connectivity index is 1.58. The Morgan fingerprint density at radius 1 is 1.17 bits per heavy atom. The molecule has 0 saturated heterocycles. The third-order valence-electron chi connectivity index (χ3n) is 7.24. The number of aliphatic hydroxyl groups excluding tert-OH is 1. The van der Waals surface area contributed by atoms with Gasteiger partial charge in [-0.2, -0.15) is 0 Å². The van der Waals surface area contributed by atoms with Gasteiger partial charge in [-0.15, -0.1) is 0 Å². The first-order valence-corrected chi connectivity index (χ1v) is 13.7. The number of aromatic nitrogens is 1. The van der Waals surface area contributed by atoms with Crippen molar-refractivity contribution < 1.29 is 22.7 Å². The summed E-state index contributed by atoms with van der Waals surface area (Å²) in [4.78, 5) is 25.2. The van der Waals surface area contributed by atoms with Crippen LogP contribution < -0.4 is 5.56 Å². The van der Waals surface area contributed by atoms with Crippen LogP contribution in [0.4, 0.5) is 4.39 Å². The standard InChI is InChI=1S/C27H30FNO5S/c1-27(25(31)17-30,35(2,33)34)12-14-29-13-11-21-16-20(8-10-23(21)26(29)32)22-9-7-19(15-24(22)28)6-5-18-3-4-18/h7-11,13,15-16,18,30H,3-6,12,14,17H2,1-2H3/t27-/m1/s1. The van der Waals surface area contributed by atoms with Crippen LogP contribution in [0.5, 0.6) is 0 Å². The Morgan fingerprint density at radius 3 is 2.54 bits per heavy atom. The molecule has 35 heavy (non-hydrogen) atoms. The van der Waals surface area contributed by atoms with Gasteiger partial charge in [0.05, 0.1) is 0 Å². The first kappa shape index (κ1) is 25.3. The minimum absolute atomic E-state index is 0.0111. The second-order valence-corrected chi connectivity index (χ2v) is 12.2. The number of pyridine rings is 1. The van der Waals surface area contributed by atoms with Crippen molar-refractivity contribution in [1.82, 2.24) is 4.57 Å². The van der Waals surface area contributed by atoms with Crippen molar-refractivity contribution in [2.75, 3.05) is 12.9 Å². The van der Waals surface area contributed by atoms with Gasteiger partial charge in [-0.1, -0.05) is 31.0 Å². The van der Waals surface area contributed by atoms with Gasteiger partial charge in [0.15, 0.2) is 15.6 Å². The highest BCUT2D eigenvalue weighted by atomic mass is 32.2. The Bertz CT molecular complexity index is 1440. The van der Waals surface area contributed by atoms with Crippen LogP contribution >= 0.6 is 0 Å². The molecule has 0 spiro atoms. The number of hydrogen-bond acceptors (Lipinski definition) is 5. The van der Waals surface area contributed by atoms with Gasteiger partial charge in [0.1, 0.15) is 17.2 Å². The highest BCUT2D eigenvalue weighted by Gasteiger charge is 2.42. The van der Waals surface area contributed by atoms with Gasteiger partial charge in [-0.25, -0.2) is 12.8 Å². The van der Waals surface area contributed by atoms with E-state index in [1.54, 1.807) is 36.4 Å². The molecule has 1 aliphatic rings. The second-order valence-electron chi connectivity index (χ2n) is 9.75. The lowest BCUT2D eigenvalue weighted by atomic mass is 9.98. The Hall–Kier alpha value is -2.84. The molecule has 0 unspecified atom stereocenters. The first-order chi connectivity index (χ1) is 16.5. The van der Waals surface area contributed by atoms with E-state index in [1.807, 2.05) is 6.07 Å². The number of ketones is 1. The van der Waals surface area contributed by atoms with Crippen LogP contribution in [0, 0.1) is 11.7 Å². The average Bonchev–Trinajstić information content (AvgIpc) is 3.65. The van der Waals surface area contributed by atoms with E-state index in [0.29, 0.717) is 21.9 Å². The lowest BCUT2D eigenvalue weighted by molar-refractivity contribution is -0.124. The maximum atomic E-state index is 14.9. The minimum atomic E-state index is -3.81. The number of aliphatic hydroxyl groups is 1. The number of sulfone groups is 1. The molecule has 1 fully saturated rings. The summed E-state index contributed by atoms with van der Waals surface area (Å²) in [6.45, 7) is 0.366. The number of hydrogen-bond donors (Lipinski definition) is 1. The number of halogens is 1. The van der Waals surface area contributed by atoms with Crippen LogP contribution in [0.3, 0.4) is 0 Å². The van der Waals surface area contributed by atoms with Crippen LogP contribution in [-0.4, -0.2) is 41.5 Å². The zero-order valence-electron chi connectivity index (χ0n) is 20.0. The van der Waals surface area contributed by atoms with Crippen LogP contribution in [0.15, 0.2) is 53.5 Å². The number of benzene rings is 2. The number of rotatable bonds is 10. The second kappa shape index (κ2) is 9.66. The maximum Gasteiger partial charge on any atom is 0.258 e. The maximum absolute atomic E-state index is 14.9. The molecule has 1 aliphatic carbocycles. The summed E-state index contributed by atoms with van der Waals surface area (Å²) in [6.07, 6.45) is 6.86. The van der Waals surface area contributed by atoms with E-state index in [-0.39, 0.29) is 24.3 Å². The number of carbonyl (C=O) groups is 1. The Morgan fingerprint density at radius 2 is 1.91 bits per heavy atom. The molecule has 2 aromatic carbocycles. The van der Waals surface area contributed by atoms with Crippen LogP contribution in [0.2, 0.25) is 0 Å². The highest BCUT2D eigenvalue weighted by molar-refractivity contribution is 7.92. The van der Waals surface area contributed by atoms with Crippen molar-refractivity contribution in [3.8, 4) is 11.1 Å². The molecule has 1 N–H and O–H groups in total. The van der Waals surface area contributed by atoms with Crippen molar-refractivity contribution in [2.45, 2.75) is 50.3 Å². The fourth-order valence-electron chi connectivity index (χ4n) is 4.39. The molecule has 0 aliphatic heterocycles. The predicted octanol–water partition coefficient (Wildman–Crippen LogP) is 3.91. The molecule has 8 heteroatoms. The van der Waals surface area contributed by atoms with Crippen LogP contribution in [0.1, 0.15) is 38.2 Å². The van der Waals surface area contributed by atoms with E-state index in [1.165, 1.54) is 30.5 Å². The minimum Gasteiger partial charge on any atom is -0.389 e. The summed E-state index contributed by atoms with van der Waals surface area (Å²) in [5.74, 6) is -0.309. The summed E-state index contributed by atoms with van der Waals surface area (Å²) in [5.41, 5.74) is 1.79. The summed E-state index contributed by atoms with van der Waals surface area (Å²) in [6, 6.07) is 12.1. The van der Waals surface area contributed by atoms with Gasteiger partial charge < -0.3 is 9.67 Å². The molecule has 1 heterocycles. The van der Waals surface area contributed by atoms with Gasteiger partial charge in [-0.05, 0) is 72.9 Å². The smallest absolute Gasteiger partial charge is 0.258 e. The monoisotopic (exact) mass is 499 g/mol. The van der Waals surface area contributed by atoms with Crippen LogP contribution in [0.25, 0.3) is 21.9 Å². The lowest BCUT2D eigenvalue weighted by Crippen LogP contribution is -2.46. The Kier molecular flexibility index (Phi) is 6.97. The molecular weight excluding hydrogens is 469 g/mol. The normalized spacial score (nSPS) is 15.8. The molecule has 0 bridgehead atoms. The summed E-state index contributed by atoms with van der Waals surface area (Å²) < 4.78 is 38.8. The zero-order chi connectivity index (χ0) is 25.4. The van der Waals surface area contributed by atoms with Gasteiger partial charge in [0.2, 0.25) is 0 Å². The summed E-state index contributed by atoms with van der Waals surface area (Å²) in [5, 5.41) is 10.3. The van der Waals surface area contributed by atoms with E-state index < -0.39 is 27.0 Å². The van der Waals surface area contributed by atoms with Crippen molar-refractivity contribution in [1.29, 1.82) is 0 Å². The number of aryl methyl sites for hydroxylation is 2. The SMILES string of the molecule is C[C@@](CCn1ccc2cc(-c3ccc(CCC4CC4)cc3F)ccc2c1=O)(C(=O)CO)S(C)(=O)=O. The molecule has 3 aromatic rings. The number of carbonyl (C=O) groups excluding carboxylic acids is 1. The van der Waals surface area contributed by atoms with Crippen molar-refractivity contribution in [3.05, 3.63) is 70.4 Å². The van der Waals surface area contributed by atoms with E-state index in [2.05, 4.69) is 0 Å². The molecule has 1 atom stereocenters. The number of fused-ring (bicyclic) bond motifs is 1. The van der Waals surface area contributed by atoms with E-state index in [9.17, 15) is 27.5 Å². The Labute approximate surface area is 204 Å². The van der Waals surface area contributed by atoms with Gasteiger partial charge in [0, 0.05) is 29.9 Å². The molecule has 1 aromatic heterocycles. The lowest BCUT2D eigenvalue weighted by Gasteiger charge is -2.25. The largest absolute Gasteiger partial charge is 0.389 e. The first-order valence-electron chi connectivity index (χ1n) is 11.8. The molecule has 1 saturated carbocycles. The van der Waals surface area contributed by atoms with Gasteiger partial charge in [-0.3, -0.25) is 9.59 Å². The van der Waals surface area contributed by atoms with E-state index >= 15 is 0 Å². The quantitative estimate of drug-likeness (QED) is 0.457. The zero-order valence-corrected chi connectivity index (χ0v) is 20.8. The summed E-state index contributed by atoms with van der Waals surface area (Å²) >= 11 is 0. The topological polar surface area (TPSA) is 93.4 Å². The fraction of sp³-hybridized carbons (Fsp3) is 0.407. The molecule has 0 radical (unpaired) electrons. The van der Waals surface area contributed by atoms with Crippen molar-refractivity contribution >= 4 is 26.4 Å². The fourth-order valence-corrected chi connectivity index (χ4v) is 5.33. The van der Waals surface area contributed by atoms with Crippen molar-refractivity contribution in [3.63, 3.8) is 0 Å². The predicted molar refractivity (Wildman–Crippen MR) is 135 cm³/mol. The highest BCUT2D eigenvalue weighted by Crippen LogP contribution is 2.34. The summed E-state index contributed by atoms with van der Waals surface area (Å²) in [7, 11) is -3.81. The van der Waals surface area contributed by atoms with Gasteiger partial charge >= 0.3 is 0 Å².